The number of benzene rings is 1. The maximum absolute atomic E-state index is 13.2. The fraction of sp³-hybridized carbons (Fsp3) is 0.500. The molecule has 0 aliphatic carbocycles. The number of hydrogen-bond donors (Lipinski definition) is 0. The highest BCUT2D eigenvalue weighted by Crippen LogP contribution is 2.33. The molecule has 144 valence electrons. The molecule has 0 saturated carbocycles. The lowest BCUT2D eigenvalue weighted by molar-refractivity contribution is -0.136. The molecule has 1 aromatic heterocycles. The predicted octanol–water partition coefficient (Wildman–Crippen LogP) is 2.33. The molecule has 2 aromatic rings. The summed E-state index contributed by atoms with van der Waals surface area (Å²) in [5.74, 6) is 1.54. The first-order valence-electron chi connectivity index (χ1n) is 9.27. The van der Waals surface area contributed by atoms with E-state index in [4.69, 9.17) is 14.2 Å². The molecule has 0 unspecified atom stereocenters. The van der Waals surface area contributed by atoms with Crippen LogP contribution in [0.2, 0.25) is 0 Å². The largest absolute Gasteiger partial charge is 0.454 e. The average Bonchev–Trinajstić information content (AvgIpc) is 3.38. The first kappa shape index (κ1) is 17.9. The molecule has 4 rings (SSSR count). The summed E-state index contributed by atoms with van der Waals surface area (Å²) in [4.78, 5) is 15.1. The maximum atomic E-state index is 13.2. The number of aromatic nitrogens is 2. The molecule has 1 fully saturated rings. The average molecular weight is 371 g/mol. The number of carbonyl (C=O) groups is 1. The van der Waals surface area contributed by atoms with Crippen LogP contribution in [0.15, 0.2) is 18.2 Å². The van der Waals surface area contributed by atoms with Crippen molar-refractivity contribution in [2.45, 2.75) is 33.4 Å². The highest BCUT2D eigenvalue weighted by atomic mass is 16.7. The van der Waals surface area contributed by atoms with Crippen LogP contribution in [-0.4, -0.2) is 40.6 Å². The second kappa shape index (κ2) is 7.23. The fourth-order valence-electron chi connectivity index (χ4n) is 3.70. The van der Waals surface area contributed by atoms with Crippen molar-refractivity contribution < 1.29 is 19.0 Å². The SMILES string of the molecule is Cc1nn(C)c(C)c1CN(Cc1ccc2c(c1)OCO2)C(=O)[C@H]1CCOC1. The quantitative estimate of drug-likeness (QED) is 0.807. The van der Waals surface area contributed by atoms with Crippen molar-refractivity contribution in [2.24, 2.45) is 13.0 Å². The molecule has 0 spiro atoms. The number of fused-ring (bicyclic) bond motifs is 1. The van der Waals surface area contributed by atoms with E-state index < -0.39 is 0 Å². The lowest BCUT2D eigenvalue weighted by Gasteiger charge is -2.26. The number of rotatable bonds is 5. The second-order valence-electron chi connectivity index (χ2n) is 7.22. The van der Waals surface area contributed by atoms with Gasteiger partial charge in [0.05, 0.1) is 18.2 Å². The molecular formula is C20H25N3O4. The van der Waals surface area contributed by atoms with E-state index in [2.05, 4.69) is 5.10 Å². The summed E-state index contributed by atoms with van der Waals surface area (Å²) in [5, 5.41) is 4.49. The smallest absolute Gasteiger partial charge is 0.231 e. The van der Waals surface area contributed by atoms with Gasteiger partial charge in [0.2, 0.25) is 12.7 Å². The molecule has 2 aliphatic heterocycles. The fourth-order valence-corrected chi connectivity index (χ4v) is 3.70. The number of amides is 1. The maximum Gasteiger partial charge on any atom is 0.231 e. The molecule has 2 aliphatic rings. The Morgan fingerprint density at radius 2 is 2.07 bits per heavy atom. The molecule has 1 atom stereocenters. The van der Waals surface area contributed by atoms with Crippen LogP contribution in [-0.2, 0) is 29.7 Å². The number of ether oxygens (including phenoxy) is 3. The molecule has 0 bridgehead atoms. The van der Waals surface area contributed by atoms with E-state index in [1.54, 1.807) is 0 Å². The van der Waals surface area contributed by atoms with E-state index in [1.165, 1.54) is 0 Å². The van der Waals surface area contributed by atoms with Crippen molar-refractivity contribution in [2.75, 3.05) is 20.0 Å². The Labute approximate surface area is 158 Å². The normalized spacial score (nSPS) is 18.1. The molecule has 1 amide bonds. The van der Waals surface area contributed by atoms with Crippen molar-refractivity contribution in [3.05, 3.63) is 40.7 Å². The van der Waals surface area contributed by atoms with Gasteiger partial charge in [0.25, 0.3) is 0 Å². The predicted molar refractivity (Wildman–Crippen MR) is 98.4 cm³/mol. The molecule has 0 N–H and O–H groups in total. The van der Waals surface area contributed by atoms with Gasteiger partial charge >= 0.3 is 0 Å². The topological polar surface area (TPSA) is 65.8 Å². The van der Waals surface area contributed by atoms with Crippen LogP contribution in [0.5, 0.6) is 11.5 Å². The first-order chi connectivity index (χ1) is 13.0. The zero-order chi connectivity index (χ0) is 19.0. The Morgan fingerprint density at radius 3 is 2.78 bits per heavy atom. The van der Waals surface area contributed by atoms with Gasteiger partial charge in [0.1, 0.15) is 0 Å². The van der Waals surface area contributed by atoms with Gasteiger partial charge in [-0.25, -0.2) is 0 Å². The summed E-state index contributed by atoms with van der Waals surface area (Å²) < 4.78 is 18.2. The second-order valence-corrected chi connectivity index (χ2v) is 7.22. The van der Waals surface area contributed by atoms with Crippen LogP contribution < -0.4 is 9.47 Å². The Hall–Kier alpha value is -2.54. The van der Waals surface area contributed by atoms with Crippen molar-refractivity contribution in [1.82, 2.24) is 14.7 Å². The lowest BCUT2D eigenvalue weighted by atomic mass is 10.1. The zero-order valence-corrected chi connectivity index (χ0v) is 16.0. The van der Waals surface area contributed by atoms with E-state index in [0.717, 1.165) is 40.4 Å². The molecule has 7 nitrogen and oxygen atoms in total. The van der Waals surface area contributed by atoms with E-state index in [-0.39, 0.29) is 18.6 Å². The van der Waals surface area contributed by atoms with E-state index >= 15 is 0 Å². The van der Waals surface area contributed by atoms with Gasteiger partial charge in [-0.05, 0) is 38.0 Å². The van der Waals surface area contributed by atoms with Gasteiger partial charge in [-0.15, -0.1) is 0 Å². The third kappa shape index (κ3) is 3.51. The van der Waals surface area contributed by atoms with Crippen LogP contribution in [0.1, 0.15) is 28.9 Å². The molecule has 1 aromatic carbocycles. The number of nitrogens with zero attached hydrogens (tertiary/aromatic N) is 3. The third-order valence-corrected chi connectivity index (χ3v) is 5.41. The summed E-state index contributed by atoms with van der Waals surface area (Å²) in [6.07, 6.45) is 0.779. The van der Waals surface area contributed by atoms with Crippen molar-refractivity contribution >= 4 is 5.91 Å². The minimum Gasteiger partial charge on any atom is -0.454 e. The summed E-state index contributed by atoms with van der Waals surface area (Å²) in [6.45, 7) is 6.48. The Morgan fingerprint density at radius 1 is 1.26 bits per heavy atom. The van der Waals surface area contributed by atoms with E-state index in [1.807, 2.05) is 48.7 Å². The standard InChI is InChI=1S/C20H25N3O4/c1-13-17(14(2)22(3)21-13)10-23(20(24)16-6-7-25-11-16)9-15-4-5-18-19(8-15)27-12-26-18/h4-5,8,16H,6-7,9-12H2,1-3H3/t16-/m0/s1. The van der Waals surface area contributed by atoms with Gasteiger partial charge in [-0.1, -0.05) is 6.07 Å². The zero-order valence-electron chi connectivity index (χ0n) is 16.0. The molecule has 1 saturated heterocycles. The van der Waals surface area contributed by atoms with Crippen molar-refractivity contribution in [1.29, 1.82) is 0 Å². The van der Waals surface area contributed by atoms with Gasteiger partial charge < -0.3 is 19.1 Å². The highest BCUT2D eigenvalue weighted by Gasteiger charge is 2.29. The Kier molecular flexibility index (Phi) is 4.78. The van der Waals surface area contributed by atoms with Crippen LogP contribution in [0.4, 0.5) is 0 Å². The first-order valence-corrected chi connectivity index (χ1v) is 9.27. The van der Waals surface area contributed by atoms with E-state index in [9.17, 15) is 4.79 Å². The minimum absolute atomic E-state index is 0.0729. The van der Waals surface area contributed by atoms with Crippen LogP contribution in [0.25, 0.3) is 0 Å². The highest BCUT2D eigenvalue weighted by molar-refractivity contribution is 5.79. The van der Waals surface area contributed by atoms with Crippen molar-refractivity contribution in [3.63, 3.8) is 0 Å². The third-order valence-electron chi connectivity index (χ3n) is 5.41. The van der Waals surface area contributed by atoms with Gasteiger partial charge in [0.15, 0.2) is 11.5 Å². The van der Waals surface area contributed by atoms with Crippen LogP contribution in [0.3, 0.4) is 0 Å². The van der Waals surface area contributed by atoms with Gasteiger partial charge in [0, 0.05) is 38.0 Å². The summed E-state index contributed by atoms with van der Waals surface area (Å²) in [7, 11) is 1.93. The number of aryl methyl sites for hydroxylation is 2. The number of hydrogen-bond acceptors (Lipinski definition) is 5. The van der Waals surface area contributed by atoms with Crippen molar-refractivity contribution in [3.8, 4) is 11.5 Å². The lowest BCUT2D eigenvalue weighted by Crippen LogP contribution is -2.36. The Bertz CT molecular complexity index is 855. The summed E-state index contributed by atoms with van der Waals surface area (Å²) >= 11 is 0. The molecule has 3 heterocycles. The minimum atomic E-state index is -0.0729. The summed E-state index contributed by atoms with van der Waals surface area (Å²) in [5.41, 5.74) is 4.16. The van der Waals surface area contributed by atoms with Crippen LogP contribution in [0, 0.1) is 19.8 Å². The van der Waals surface area contributed by atoms with Gasteiger partial charge in [-0.2, -0.15) is 5.10 Å². The molecular weight excluding hydrogens is 346 g/mol. The molecule has 27 heavy (non-hydrogen) atoms. The molecule has 7 heteroatoms. The summed E-state index contributed by atoms with van der Waals surface area (Å²) in [6, 6.07) is 5.85. The Balaban J connectivity index is 1.60. The monoisotopic (exact) mass is 371 g/mol. The molecule has 0 radical (unpaired) electrons. The van der Waals surface area contributed by atoms with E-state index in [0.29, 0.717) is 26.3 Å². The van der Waals surface area contributed by atoms with Gasteiger partial charge in [-0.3, -0.25) is 9.48 Å². The number of carbonyl (C=O) groups excluding carboxylic acids is 1. The van der Waals surface area contributed by atoms with Crippen LogP contribution >= 0.6 is 0 Å².